The standard InChI is InChI=1S/C32H46N4O5/c1-8-10-20-36(30(39)25(18-19-26(33)37)34-31(40)41-32(5,6)7)28(24-16-14-23(9-2)15-17-24)29(38)35-27-21(3)12-11-13-22(27)4/h11-17,25,28H,8-10,18-20H2,1-7H3,(H2,33,37)(H,34,40)(H,35,38). The van der Waals surface area contributed by atoms with Crippen molar-refractivity contribution in [2.24, 2.45) is 5.73 Å². The van der Waals surface area contributed by atoms with Gasteiger partial charge < -0.3 is 26.0 Å². The summed E-state index contributed by atoms with van der Waals surface area (Å²) in [7, 11) is 0. The van der Waals surface area contributed by atoms with Crippen LogP contribution >= 0.6 is 0 Å². The molecule has 224 valence electrons. The zero-order valence-electron chi connectivity index (χ0n) is 25.5. The van der Waals surface area contributed by atoms with E-state index in [1.165, 1.54) is 4.90 Å². The first-order valence-corrected chi connectivity index (χ1v) is 14.3. The molecule has 0 aliphatic heterocycles. The Balaban J connectivity index is 2.58. The minimum absolute atomic E-state index is 0.0317. The van der Waals surface area contributed by atoms with Crippen molar-refractivity contribution >= 4 is 29.5 Å². The molecule has 0 aliphatic carbocycles. The highest BCUT2D eigenvalue weighted by atomic mass is 16.6. The van der Waals surface area contributed by atoms with Gasteiger partial charge in [0.15, 0.2) is 0 Å². The van der Waals surface area contributed by atoms with Gasteiger partial charge in [0, 0.05) is 18.7 Å². The van der Waals surface area contributed by atoms with Crippen molar-refractivity contribution < 1.29 is 23.9 Å². The van der Waals surface area contributed by atoms with Crippen LogP contribution in [-0.4, -0.2) is 46.9 Å². The third-order valence-corrected chi connectivity index (χ3v) is 6.70. The van der Waals surface area contributed by atoms with E-state index in [-0.39, 0.29) is 25.3 Å². The van der Waals surface area contributed by atoms with Gasteiger partial charge in [-0.15, -0.1) is 0 Å². The van der Waals surface area contributed by atoms with E-state index in [4.69, 9.17) is 10.5 Å². The zero-order chi connectivity index (χ0) is 30.7. The fourth-order valence-corrected chi connectivity index (χ4v) is 4.50. The number of rotatable bonds is 13. The number of carbonyl (C=O) groups is 4. The van der Waals surface area contributed by atoms with E-state index in [0.29, 0.717) is 17.7 Å². The van der Waals surface area contributed by atoms with Crippen LogP contribution in [0.25, 0.3) is 0 Å². The molecule has 2 atom stereocenters. The number of alkyl carbamates (subject to hydrolysis) is 1. The molecule has 0 fully saturated rings. The van der Waals surface area contributed by atoms with Crippen LogP contribution in [0.1, 0.15) is 88.6 Å². The number of benzene rings is 2. The Morgan fingerprint density at radius 1 is 0.976 bits per heavy atom. The summed E-state index contributed by atoms with van der Waals surface area (Å²) in [5, 5.41) is 5.68. The molecule has 0 aromatic heterocycles. The molecule has 9 nitrogen and oxygen atoms in total. The van der Waals surface area contributed by atoms with Crippen LogP contribution in [0.4, 0.5) is 10.5 Å². The molecule has 2 aromatic carbocycles. The Morgan fingerprint density at radius 2 is 1.59 bits per heavy atom. The number of nitrogens with zero attached hydrogens (tertiary/aromatic N) is 1. The number of primary amides is 1. The molecule has 0 saturated heterocycles. The predicted molar refractivity (Wildman–Crippen MR) is 161 cm³/mol. The number of anilines is 1. The Kier molecular flexibility index (Phi) is 12.4. The van der Waals surface area contributed by atoms with Crippen molar-refractivity contribution in [2.45, 2.75) is 98.3 Å². The Labute approximate surface area is 244 Å². The van der Waals surface area contributed by atoms with E-state index in [2.05, 4.69) is 10.6 Å². The summed E-state index contributed by atoms with van der Waals surface area (Å²) < 4.78 is 5.39. The number of aryl methyl sites for hydroxylation is 3. The molecule has 0 radical (unpaired) electrons. The van der Waals surface area contributed by atoms with Gasteiger partial charge in [-0.1, -0.05) is 62.7 Å². The molecule has 2 rings (SSSR count). The summed E-state index contributed by atoms with van der Waals surface area (Å²) in [5.41, 5.74) is 8.83. The Morgan fingerprint density at radius 3 is 2.10 bits per heavy atom. The molecule has 2 unspecified atom stereocenters. The summed E-state index contributed by atoms with van der Waals surface area (Å²) in [6.45, 7) is 13.3. The van der Waals surface area contributed by atoms with Gasteiger partial charge in [0.25, 0.3) is 5.91 Å². The lowest BCUT2D eigenvalue weighted by Gasteiger charge is -2.35. The van der Waals surface area contributed by atoms with Crippen LogP contribution in [0, 0.1) is 13.8 Å². The molecule has 2 aromatic rings. The van der Waals surface area contributed by atoms with Crippen LogP contribution < -0.4 is 16.4 Å². The highest BCUT2D eigenvalue weighted by molar-refractivity contribution is 6.00. The monoisotopic (exact) mass is 566 g/mol. The largest absolute Gasteiger partial charge is 0.444 e. The third-order valence-electron chi connectivity index (χ3n) is 6.70. The second kappa shape index (κ2) is 15.2. The average molecular weight is 567 g/mol. The molecule has 0 bridgehead atoms. The van der Waals surface area contributed by atoms with Crippen molar-refractivity contribution in [1.82, 2.24) is 10.2 Å². The first-order chi connectivity index (χ1) is 19.3. The molecular weight excluding hydrogens is 520 g/mol. The van der Waals surface area contributed by atoms with Crippen molar-refractivity contribution in [2.75, 3.05) is 11.9 Å². The lowest BCUT2D eigenvalue weighted by Crippen LogP contribution is -2.52. The molecular formula is C32H46N4O5. The van der Waals surface area contributed by atoms with E-state index >= 15 is 0 Å². The van der Waals surface area contributed by atoms with E-state index in [1.807, 2.05) is 70.2 Å². The zero-order valence-corrected chi connectivity index (χ0v) is 25.5. The molecule has 0 aliphatic rings. The van der Waals surface area contributed by atoms with E-state index < -0.39 is 35.6 Å². The van der Waals surface area contributed by atoms with Crippen LogP contribution in [0.5, 0.6) is 0 Å². The number of nitrogens with two attached hydrogens (primary N) is 1. The van der Waals surface area contributed by atoms with Crippen molar-refractivity contribution in [1.29, 1.82) is 0 Å². The normalized spacial score (nSPS) is 12.7. The van der Waals surface area contributed by atoms with Gasteiger partial charge in [0.05, 0.1) is 0 Å². The van der Waals surface area contributed by atoms with E-state index in [1.54, 1.807) is 20.8 Å². The first-order valence-electron chi connectivity index (χ1n) is 14.3. The third kappa shape index (κ3) is 10.2. The van der Waals surface area contributed by atoms with Gasteiger partial charge >= 0.3 is 6.09 Å². The van der Waals surface area contributed by atoms with E-state index in [9.17, 15) is 19.2 Å². The average Bonchev–Trinajstić information content (AvgIpc) is 2.89. The number of ether oxygens (including phenoxy) is 1. The summed E-state index contributed by atoms with van der Waals surface area (Å²) >= 11 is 0. The molecule has 0 spiro atoms. The number of hydrogen-bond donors (Lipinski definition) is 3. The number of unbranched alkanes of at least 4 members (excludes halogenated alkanes) is 1. The maximum atomic E-state index is 14.2. The van der Waals surface area contributed by atoms with Crippen LogP contribution in [0.3, 0.4) is 0 Å². The SMILES string of the molecule is CCCCN(C(=O)C(CCC(N)=O)NC(=O)OC(C)(C)C)C(C(=O)Nc1c(C)cccc1C)c1ccc(CC)cc1. The van der Waals surface area contributed by atoms with Crippen molar-refractivity contribution in [3.05, 3.63) is 64.7 Å². The van der Waals surface area contributed by atoms with E-state index in [0.717, 1.165) is 29.5 Å². The van der Waals surface area contributed by atoms with Gasteiger partial charge in [-0.3, -0.25) is 14.4 Å². The number of nitrogens with one attached hydrogen (secondary N) is 2. The predicted octanol–water partition coefficient (Wildman–Crippen LogP) is 5.33. The van der Waals surface area contributed by atoms with Crippen LogP contribution in [-0.2, 0) is 25.5 Å². The maximum Gasteiger partial charge on any atom is 0.408 e. The minimum atomic E-state index is -1.13. The fourth-order valence-electron chi connectivity index (χ4n) is 4.50. The second-order valence-electron chi connectivity index (χ2n) is 11.3. The molecule has 41 heavy (non-hydrogen) atoms. The van der Waals surface area contributed by atoms with Crippen molar-refractivity contribution in [3.8, 4) is 0 Å². The molecule has 9 heteroatoms. The lowest BCUT2D eigenvalue weighted by atomic mass is 9.99. The van der Waals surface area contributed by atoms with Gasteiger partial charge in [-0.2, -0.15) is 0 Å². The molecule has 4 N–H and O–H groups in total. The van der Waals surface area contributed by atoms with Crippen LogP contribution in [0.2, 0.25) is 0 Å². The lowest BCUT2D eigenvalue weighted by molar-refractivity contribution is -0.141. The summed E-state index contributed by atoms with van der Waals surface area (Å²) in [6.07, 6.45) is 1.27. The number of para-hydroxylation sites is 1. The van der Waals surface area contributed by atoms with Gasteiger partial charge in [0.1, 0.15) is 17.7 Å². The molecule has 0 heterocycles. The number of hydrogen-bond acceptors (Lipinski definition) is 5. The van der Waals surface area contributed by atoms with Crippen LogP contribution in [0.15, 0.2) is 42.5 Å². The first kappa shape index (κ1) is 33.3. The molecule has 4 amide bonds. The Bertz CT molecular complexity index is 1180. The number of amides is 4. The number of carbonyl (C=O) groups excluding carboxylic acids is 4. The Hall–Kier alpha value is -3.88. The van der Waals surface area contributed by atoms with Crippen molar-refractivity contribution in [3.63, 3.8) is 0 Å². The highest BCUT2D eigenvalue weighted by Gasteiger charge is 2.36. The van der Waals surface area contributed by atoms with Gasteiger partial charge in [-0.05, 0) is 76.1 Å². The minimum Gasteiger partial charge on any atom is -0.444 e. The highest BCUT2D eigenvalue weighted by Crippen LogP contribution is 2.28. The second-order valence-corrected chi connectivity index (χ2v) is 11.3. The smallest absolute Gasteiger partial charge is 0.408 e. The maximum absolute atomic E-state index is 14.2. The van der Waals surface area contributed by atoms with Gasteiger partial charge in [0.2, 0.25) is 11.8 Å². The quantitative estimate of drug-likeness (QED) is 0.302. The van der Waals surface area contributed by atoms with Gasteiger partial charge in [-0.25, -0.2) is 4.79 Å². The molecule has 0 saturated carbocycles. The summed E-state index contributed by atoms with van der Waals surface area (Å²) in [4.78, 5) is 54.2. The topological polar surface area (TPSA) is 131 Å². The summed E-state index contributed by atoms with van der Waals surface area (Å²) in [6, 6.07) is 11.2. The summed E-state index contributed by atoms with van der Waals surface area (Å²) in [5.74, 6) is -1.47. The fraction of sp³-hybridized carbons (Fsp3) is 0.500.